The largest absolute Gasteiger partial charge is 0.368 e. The Kier molecular flexibility index (Phi) is 5.56. The fourth-order valence-corrected chi connectivity index (χ4v) is 2.96. The van der Waals surface area contributed by atoms with Gasteiger partial charge in [0.2, 0.25) is 11.8 Å². The maximum atomic E-state index is 12.7. The number of likely N-dealkylation sites (N-methyl/N-ethyl adjacent to an activating group) is 1. The highest BCUT2D eigenvalue weighted by atomic mass is 16.5. The van der Waals surface area contributed by atoms with Crippen LogP contribution in [0.2, 0.25) is 0 Å². The summed E-state index contributed by atoms with van der Waals surface area (Å²) in [6.45, 7) is 3.43. The van der Waals surface area contributed by atoms with Crippen molar-refractivity contribution in [2.75, 3.05) is 20.2 Å². The molecule has 0 spiro atoms. The Bertz CT molecular complexity index is 618. The van der Waals surface area contributed by atoms with Gasteiger partial charge in [-0.25, -0.2) is 0 Å². The fourth-order valence-electron chi connectivity index (χ4n) is 2.96. The van der Waals surface area contributed by atoms with Crippen molar-refractivity contribution in [2.24, 2.45) is 5.73 Å². The molecule has 0 saturated carbocycles. The normalized spacial score (nSPS) is 21.0. The summed E-state index contributed by atoms with van der Waals surface area (Å²) < 4.78 is 5.57. The Balaban J connectivity index is 2.39. The zero-order valence-electron chi connectivity index (χ0n) is 14.1. The van der Waals surface area contributed by atoms with E-state index in [-0.39, 0.29) is 31.0 Å². The average Bonchev–Trinajstić information content (AvgIpc) is 2.53. The molecule has 7 heteroatoms. The monoisotopic (exact) mass is 333 g/mol. The van der Waals surface area contributed by atoms with Crippen molar-refractivity contribution in [3.8, 4) is 0 Å². The Labute approximate surface area is 141 Å². The topological polar surface area (TPSA) is 92.9 Å². The number of ether oxygens (including phenoxy) is 1. The second kappa shape index (κ2) is 7.44. The van der Waals surface area contributed by atoms with E-state index in [0.29, 0.717) is 0 Å². The maximum absolute atomic E-state index is 12.7. The molecule has 1 heterocycles. The van der Waals surface area contributed by atoms with E-state index in [1.807, 2.05) is 44.2 Å². The van der Waals surface area contributed by atoms with Crippen LogP contribution in [0.15, 0.2) is 30.3 Å². The molecule has 3 amide bonds. The lowest BCUT2D eigenvalue weighted by atomic mass is 9.95. The second-order valence-corrected chi connectivity index (χ2v) is 6.14. The number of hydrogen-bond acceptors (Lipinski definition) is 4. The van der Waals surface area contributed by atoms with E-state index in [9.17, 15) is 14.4 Å². The highest BCUT2D eigenvalue weighted by Crippen LogP contribution is 2.32. The molecule has 1 aliphatic heterocycles. The van der Waals surface area contributed by atoms with E-state index in [0.717, 1.165) is 5.56 Å². The quantitative estimate of drug-likeness (QED) is 0.839. The Morgan fingerprint density at radius 3 is 2.50 bits per heavy atom. The molecule has 1 fully saturated rings. The third-order valence-corrected chi connectivity index (χ3v) is 3.97. The average molecular weight is 333 g/mol. The number of nitrogens with zero attached hydrogens (tertiary/aromatic N) is 2. The summed E-state index contributed by atoms with van der Waals surface area (Å²) >= 11 is 0. The molecule has 2 rings (SSSR count). The van der Waals surface area contributed by atoms with Gasteiger partial charge in [0.15, 0.2) is 6.10 Å². The molecule has 0 aliphatic carbocycles. The number of benzene rings is 1. The molecule has 1 aromatic rings. The van der Waals surface area contributed by atoms with Crippen LogP contribution in [0.4, 0.5) is 0 Å². The van der Waals surface area contributed by atoms with Crippen molar-refractivity contribution in [1.82, 2.24) is 9.80 Å². The van der Waals surface area contributed by atoms with Crippen molar-refractivity contribution in [1.29, 1.82) is 0 Å². The standard InChI is InChI=1S/C17H23N3O4/c1-11(2)20-14(22)10-24-16(17(23)19(3)9-13(18)21)15(20)12-7-5-4-6-8-12/h4-8,11,15-16H,9-10H2,1-3H3,(H2,18,21). The number of nitrogens with two attached hydrogens (primary N) is 1. The van der Waals surface area contributed by atoms with Gasteiger partial charge in [0.25, 0.3) is 5.91 Å². The van der Waals surface area contributed by atoms with Crippen molar-refractivity contribution in [3.63, 3.8) is 0 Å². The number of carbonyl (C=O) groups is 3. The third-order valence-electron chi connectivity index (χ3n) is 3.97. The number of hydrogen-bond donors (Lipinski definition) is 1. The molecule has 2 atom stereocenters. The van der Waals surface area contributed by atoms with E-state index in [2.05, 4.69) is 0 Å². The van der Waals surface area contributed by atoms with Crippen molar-refractivity contribution in [2.45, 2.75) is 32.0 Å². The van der Waals surface area contributed by atoms with Gasteiger partial charge in [0.05, 0.1) is 12.6 Å². The summed E-state index contributed by atoms with van der Waals surface area (Å²) in [4.78, 5) is 39.1. The number of amides is 3. The van der Waals surface area contributed by atoms with E-state index in [1.54, 1.807) is 4.90 Å². The van der Waals surface area contributed by atoms with Gasteiger partial charge in [-0.3, -0.25) is 14.4 Å². The van der Waals surface area contributed by atoms with Crippen LogP contribution in [-0.2, 0) is 19.1 Å². The lowest BCUT2D eigenvalue weighted by Crippen LogP contribution is -2.57. The number of rotatable bonds is 5. The van der Waals surface area contributed by atoms with Gasteiger partial charge >= 0.3 is 0 Å². The van der Waals surface area contributed by atoms with Crippen LogP contribution in [0.3, 0.4) is 0 Å². The molecular formula is C17H23N3O4. The molecule has 2 N–H and O–H groups in total. The maximum Gasteiger partial charge on any atom is 0.254 e. The van der Waals surface area contributed by atoms with Crippen LogP contribution in [0.1, 0.15) is 25.5 Å². The minimum atomic E-state index is -0.878. The first-order chi connectivity index (χ1) is 11.3. The van der Waals surface area contributed by atoms with Crippen molar-refractivity contribution in [3.05, 3.63) is 35.9 Å². The predicted octanol–water partition coefficient (Wildman–Crippen LogP) is 0.307. The van der Waals surface area contributed by atoms with Gasteiger partial charge < -0.3 is 20.3 Å². The van der Waals surface area contributed by atoms with E-state index >= 15 is 0 Å². The van der Waals surface area contributed by atoms with Gasteiger partial charge in [-0.05, 0) is 19.4 Å². The van der Waals surface area contributed by atoms with Crippen LogP contribution in [0.25, 0.3) is 0 Å². The van der Waals surface area contributed by atoms with Gasteiger partial charge in [-0.15, -0.1) is 0 Å². The summed E-state index contributed by atoms with van der Waals surface area (Å²) in [7, 11) is 1.49. The van der Waals surface area contributed by atoms with Gasteiger partial charge in [0.1, 0.15) is 6.61 Å². The van der Waals surface area contributed by atoms with E-state index in [1.165, 1.54) is 11.9 Å². The van der Waals surface area contributed by atoms with Crippen LogP contribution in [-0.4, -0.2) is 59.9 Å². The smallest absolute Gasteiger partial charge is 0.254 e. The number of carbonyl (C=O) groups excluding carboxylic acids is 3. The molecule has 0 radical (unpaired) electrons. The Hall–Kier alpha value is -2.41. The zero-order chi connectivity index (χ0) is 17.9. The first-order valence-corrected chi connectivity index (χ1v) is 7.84. The fraction of sp³-hybridized carbons (Fsp3) is 0.471. The molecule has 2 unspecified atom stereocenters. The third kappa shape index (κ3) is 3.73. The summed E-state index contributed by atoms with van der Waals surface area (Å²) in [5, 5.41) is 0. The minimum absolute atomic E-state index is 0.0941. The number of primary amides is 1. The first kappa shape index (κ1) is 17.9. The van der Waals surface area contributed by atoms with E-state index in [4.69, 9.17) is 10.5 Å². The summed E-state index contributed by atoms with van der Waals surface area (Å²) in [6.07, 6.45) is -0.878. The Morgan fingerprint density at radius 1 is 1.33 bits per heavy atom. The lowest BCUT2D eigenvalue weighted by Gasteiger charge is -2.43. The Morgan fingerprint density at radius 2 is 1.96 bits per heavy atom. The molecule has 130 valence electrons. The van der Waals surface area contributed by atoms with Crippen LogP contribution >= 0.6 is 0 Å². The summed E-state index contributed by atoms with van der Waals surface area (Å²) in [5.74, 6) is -1.14. The predicted molar refractivity (Wildman–Crippen MR) is 87.7 cm³/mol. The molecular weight excluding hydrogens is 310 g/mol. The van der Waals surface area contributed by atoms with Crippen LogP contribution in [0.5, 0.6) is 0 Å². The molecule has 1 saturated heterocycles. The first-order valence-electron chi connectivity index (χ1n) is 7.84. The minimum Gasteiger partial charge on any atom is -0.368 e. The van der Waals surface area contributed by atoms with Crippen molar-refractivity contribution >= 4 is 17.7 Å². The van der Waals surface area contributed by atoms with E-state index < -0.39 is 18.1 Å². The van der Waals surface area contributed by atoms with Gasteiger partial charge in [-0.2, -0.15) is 0 Å². The molecule has 0 bridgehead atoms. The highest BCUT2D eigenvalue weighted by molar-refractivity contribution is 5.89. The van der Waals surface area contributed by atoms with Gasteiger partial charge in [0, 0.05) is 13.1 Å². The molecule has 1 aromatic carbocycles. The number of morpholine rings is 1. The molecule has 1 aliphatic rings. The second-order valence-electron chi connectivity index (χ2n) is 6.14. The summed E-state index contributed by atoms with van der Waals surface area (Å²) in [5.41, 5.74) is 5.98. The van der Waals surface area contributed by atoms with Crippen LogP contribution in [0, 0.1) is 0 Å². The zero-order valence-corrected chi connectivity index (χ0v) is 14.1. The molecule has 0 aromatic heterocycles. The molecule has 7 nitrogen and oxygen atoms in total. The van der Waals surface area contributed by atoms with Gasteiger partial charge in [-0.1, -0.05) is 30.3 Å². The van der Waals surface area contributed by atoms with Crippen molar-refractivity contribution < 1.29 is 19.1 Å². The lowest BCUT2D eigenvalue weighted by molar-refractivity contribution is -0.171. The van der Waals surface area contributed by atoms with Crippen LogP contribution < -0.4 is 5.73 Å². The highest BCUT2D eigenvalue weighted by Gasteiger charge is 2.43. The SMILES string of the molecule is CC(C)N1C(=O)COC(C(=O)N(C)CC(N)=O)C1c1ccccc1. The summed E-state index contributed by atoms with van der Waals surface area (Å²) in [6, 6.07) is 8.64. The molecule has 24 heavy (non-hydrogen) atoms.